The summed E-state index contributed by atoms with van der Waals surface area (Å²) in [5.74, 6) is -1.08. The molecule has 0 bridgehead atoms. The van der Waals surface area contributed by atoms with Gasteiger partial charge in [-0.05, 0) is 63.9 Å². The highest BCUT2D eigenvalue weighted by atomic mass is 16.5. The maximum absolute atomic E-state index is 13.0. The first-order chi connectivity index (χ1) is 16.0. The van der Waals surface area contributed by atoms with Gasteiger partial charge in [0.05, 0.1) is 11.1 Å². The highest BCUT2D eigenvalue weighted by molar-refractivity contribution is 6.45. The molecule has 34 heavy (non-hydrogen) atoms. The molecule has 1 atom stereocenters. The van der Waals surface area contributed by atoms with E-state index in [1.54, 1.807) is 45.0 Å². The van der Waals surface area contributed by atoms with Crippen molar-refractivity contribution >= 4 is 17.5 Å². The molecule has 0 aliphatic carbocycles. The maximum Gasteiger partial charge on any atom is 0.312 e. The van der Waals surface area contributed by atoms with Gasteiger partial charge in [-0.2, -0.15) is 0 Å². The number of hydrogen-bond donors (Lipinski definition) is 2. The lowest BCUT2D eigenvalue weighted by atomic mass is 9.76. The van der Waals surface area contributed by atoms with E-state index < -0.39 is 28.8 Å². The standard InChI is InChI=1S/C27H30N2O5/c1-6-21(26(31)32)23(28)24(30)27(4,5)19-8-7-9-20(14-19)33-15-22-17(3)34-25(29-22)18-12-10-16(2)11-13-18/h7-14,21,28H,6,15H2,1-5H3,(H,31,32)/t21-/m1/s1. The van der Waals surface area contributed by atoms with E-state index in [4.69, 9.17) is 14.6 Å². The SMILES string of the molecule is CC[C@H](C(=N)C(=O)C(C)(C)c1cccc(OCc2nc(-c3ccc(C)cc3)oc2C)c1)C(=O)O. The first kappa shape index (κ1) is 24.9. The average Bonchev–Trinajstić information content (AvgIpc) is 3.18. The largest absolute Gasteiger partial charge is 0.487 e. The zero-order valence-corrected chi connectivity index (χ0v) is 20.1. The minimum Gasteiger partial charge on any atom is -0.487 e. The Morgan fingerprint density at radius 1 is 1.15 bits per heavy atom. The first-order valence-corrected chi connectivity index (χ1v) is 11.2. The molecule has 0 saturated carbocycles. The second-order valence-corrected chi connectivity index (χ2v) is 8.87. The van der Waals surface area contributed by atoms with E-state index >= 15 is 0 Å². The Labute approximate surface area is 199 Å². The van der Waals surface area contributed by atoms with E-state index in [0.717, 1.165) is 11.1 Å². The zero-order valence-electron chi connectivity index (χ0n) is 20.1. The van der Waals surface area contributed by atoms with Crippen LogP contribution >= 0.6 is 0 Å². The molecule has 1 heterocycles. The third-order valence-corrected chi connectivity index (χ3v) is 5.99. The number of benzene rings is 2. The van der Waals surface area contributed by atoms with Gasteiger partial charge >= 0.3 is 5.97 Å². The van der Waals surface area contributed by atoms with Crippen LogP contribution in [0.15, 0.2) is 52.9 Å². The fourth-order valence-electron chi connectivity index (χ4n) is 3.64. The molecule has 0 unspecified atom stereocenters. The second-order valence-electron chi connectivity index (χ2n) is 8.87. The summed E-state index contributed by atoms with van der Waals surface area (Å²) in [5.41, 5.74) is 1.87. The van der Waals surface area contributed by atoms with Gasteiger partial charge in [-0.3, -0.25) is 9.59 Å². The minimum absolute atomic E-state index is 0.181. The van der Waals surface area contributed by atoms with Crippen LogP contribution in [-0.2, 0) is 21.6 Å². The summed E-state index contributed by atoms with van der Waals surface area (Å²) in [6, 6.07) is 15.0. The van der Waals surface area contributed by atoms with Crippen LogP contribution in [0, 0.1) is 25.2 Å². The molecular weight excluding hydrogens is 432 g/mol. The number of carbonyl (C=O) groups excluding carboxylic acids is 1. The summed E-state index contributed by atoms with van der Waals surface area (Å²) in [6.07, 6.45) is 0.181. The van der Waals surface area contributed by atoms with Gasteiger partial charge in [0.15, 0.2) is 5.78 Å². The number of nitrogens with one attached hydrogen (secondary N) is 1. The predicted molar refractivity (Wildman–Crippen MR) is 129 cm³/mol. The Morgan fingerprint density at radius 3 is 2.44 bits per heavy atom. The predicted octanol–water partition coefficient (Wildman–Crippen LogP) is 5.51. The Balaban J connectivity index is 1.76. The van der Waals surface area contributed by atoms with Crippen molar-refractivity contribution in [2.24, 2.45) is 5.92 Å². The lowest BCUT2D eigenvalue weighted by molar-refractivity contribution is -0.140. The number of carboxylic acid groups (broad SMARTS) is 1. The molecule has 178 valence electrons. The van der Waals surface area contributed by atoms with Gasteiger partial charge in [0, 0.05) is 5.56 Å². The molecule has 0 spiro atoms. The lowest BCUT2D eigenvalue weighted by Gasteiger charge is -2.26. The fraction of sp³-hybridized carbons (Fsp3) is 0.333. The van der Waals surface area contributed by atoms with E-state index in [2.05, 4.69) is 4.98 Å². The molecule has 3 rings (SSSR count). The molecule has 2 aromatic carbocycles. The van der Waals surface area contributed by atoms with Crippen LogP contribution in [0.2, 0.25) is 0 Å². The molecule has 0 fully saturated rings. The van der Waals surface area contributed by atoms with Gasteiger partial charge < -0.3 is 19.7 Å². The zero-order chi connectivity index (χ0) is 25.0. The normalized spacial score (nSPS) is 12.3. The Bertz CT molecular complexity index is 1210. The molecular formula is C27H30N2O5. The van der Waals surface area contributed by atoms with Crippen LogP contribution in [0.5, 0.6) is 5.75 Å². The Morgan fingerprint density at radius 2 is 1.82 bits per heavy atom. The van der Waals surface area contributed by atoms with Gasteiger partial charge in [-0.1, -0.05) is 36.8 Å². The van der Waals surface area contributed by atoms with Crippen molar-refractivity contribution in [2.45, 2.75) is 53.1 Å². The number of aliphatic carboxylic acids is 1. The van der Waals surface area contributed by atoms with Crippen LogP contribution in [0.1, 0.15) is 49.8 Å². The first-order valence-electron chi connectivity index (χ1n) is 11.2. The van der Waals surface area contributed by atoms with E-state index in [0.29, 0.717) is 28.7 Å². The van der Waals surface area contributed by atoms with Gasteiger partial charge in [0.1, 0.15) is 29.7 Å². The number of rotatable bonds is 10. The number of hydrogen-bond acceptors (Lipinski definition) is 6. The van der Waals surface area contributed by atoms with E-state index in [-0.39, 0.29) is 13.0 Å². The number of aryl methyl sites for hydroxylation is 2. The Kier molecular flexibility index (Phi) is 7.35. The van der Waals surface area contributed by atoms with Crippen LogP contribution in [0.25, 0.3) is 11.5 Å². The van der Waals surface area contributed by atoms with Crippen LogP contribution in [0.3, 0.4) is 0 Å². The minimum atomic E-state index is -1.17. The van der Waals surface area contributed by atoms with Crippen LogP contribution in [0.4, 0.5) is 0 Å². The van der Waals surface area contributed by atoms with Crippen molar-refractivity contribution in [1.82, 2.24) is 4.98 Å². The van der Waals surface area contributed by atoms with Crippen molar-refractivity contribution < 1.29 is 23.8 Å². The molecule has 3 aromatic rings. The topological polar surface area (TPSA) is 113 Å². The van der Waals surface area contributed by atoms with Crippen molar-refractivity contribution in [2.75, 3.05) is 0 Å². The number of ketones is 1. The summed E-state index contributed by atoms with van der Waals surface area (Å²) in [4.78, 5) is 29.0. The molecule has 2 N–H and O–H groups in total. The van der Waals surface area contributed by atoms with Crippen molar-refractivity contribution in [3.05, 3.63) is 71.1 Å². The molecule has 0 saturated heterocycles. The molecule has 7 heteroatoms. The number of nitrogens with zero attached hydrogens (tertiary/aromatic N) is 1. The smallest absolute Gasteiger partial charge is 0.312 e. The van der Waals surface area contributed by atoms with Gasteiger partial charge in [-0.15, -0.1) is 0 Å². The number of carboxylic acids is 1. The molecule has 1 aromatic heterocycles. The second kappa shape index (κ2) is 10.0. The highest BCUT2D eigenvalue weighted by Crippen LogP contribution is 2.30. The third kappa shape index (κ3) is 5.25. The molecule has 0 aliphatic rings. The van der Waals surface area contributed by atoms with E-state index in [9.17, 15) is 14.7 Å². The summed E-state index contributed by atoms with van der Waals surface area (Å²) >= 11 is 0. The monoisotopic (exact) mass is 462 g/mol. The number of carbonyl (C=O) groups is 2. The summed E-state index contributed by atoms with van der Waals surface area (Å²) in [6.45, 7) is 9.06. The highest BCUT2D eigenvalue weighted by Gasteiger charge is 2.37. The number of oxazole rings is 1. The number of Topliss-reactive ketones (excluding diaryl/α,β-unsaturated/α-hetero) is 1. The molecule has 7 nitrogen and oxygen atoms in total. The number of ether oxygens (including phenoxy) is 1. The molecule has 0 amide bonds. The average molecular weight is 463 g/mol. The van der Waals surface area contributed by atoms with Gasteiger partial charge in [-0.25, -0.2) is 4.98 Å². The lowest BCUT2D eigenvalue weighted by Crippen LogP contribution is -2.40. The molecule has 0 aliphatic heterocycles. The third-order valence-electron chi connectivity index (χ3n) is 5.99. The fourth-order valence-corrected chi connectivity index (χ4v) is 3.64. The maximum atomic E-state index is 13.0. The van der Waals surface area contributed by atoms with E-state index in [1.165, 1.54) is 0 Å². The van der Waals surface area contributed by atoms with Gasteiger partial charge in [0.25, 0.3) is 0 Å². The van der Waals surface area contributed by atoms with Crippen molar-refractivity contribution in [1.29, 1.82) is 5.41 Å². The van der Waals surface area contributed by atoms with Crippen molar-refractivity contribution in [3.63, 3.8) is 0 Å². The number of aromatic nitrogens is 1. The molecule has 0 radical (unpaired) electrons. The summed E-state index contributed by atoms with van der Waals surface area (Å²) < 4.78 is 11.8. The quantitative estimate of drug-likeness (QED) is 0.384. The van der Waals surface area contributed by atoms with Crippen LogP contribution < -0.4 is 4.74 Å². The summed E-state index contributed by atoms with van der Waals surface area (Å²) in [5, 5.41) is 17.5. The Hall–Kier alpha value is -3.74. The van der Waals surface area contributed by atoms with Crippen molar-refractivity contribution in [3.8, 4) is 17.2 Å². The van der Waals surface area contributed by atoms with E-state index in [1.807, 2.05) is 38.1 Å². The van der Waals surface area contributed by atoms with Crippen LogP contribution in [-0.4, -0.2) is 27.6 Å². The summed E-state index contributed by atoms with van der Waals surface area (Å²) in [7, 11) is 0. The van der Waals surface area contributed by atoms with Gasteiger partial charge in [0.2, 0.25) is 5.89 Å².